The maximum atomic E-state index is 13.0. The molecule has 0 aliphatic carbocycles. The van der Waals surface area contributed by atoms with Gasteiger partial charge < -0.3 is 25.6 Å². The molecular weight excluding hydrogens is 489 g/mol. The number of carbonyl (C=O) groups is 2. The number of aromatic amines is 1. The van der Waals surface area contributed by atoms with Gasteiger partial charge >= 0.3 is 6.03 Å². The van der Waals surface area contributed by atoms with Crippen LogP contribution in [0.1, 0.15) is 48.0 Å². The van der Waals surface area contributed by atoms with E-state index in [0.29, 0.717) is 40.0 Å². The van der Waals surface area contributed by atoms with Crippen LogP contribution in [0.15, 0.2) is 55.0 Å². The Kier molecular flexibility index (Phi) is 9.54. The lowest BCUT2D eigenvalue weighted by Gasteiger charge is -2.31. The SMILES string of the molecule is CC[C@@H](C)N(C[C@@H](O)c1ccc(Cl)c(Cl)c1)C(=O)Nc1ccc(CCNC(=O)c2cnc[nH]2)cc1. The molecule has 0 fully saturated rings. The summed E-state index contributed by atoms with van der Waals surface area (Å²) >= 11 is 12.0. The number of anilines is 1. The number of amides is 3. The van der Waals surface area contributed by atoms with E-state index < -0.39 is 6.10 Å². The van der Waals surface area contributed by atoms with Gasteiger partial charge in [0.2, 0.25) is 0 Å². The van der Waals surface area contributed by atoms with Crippen LogP contribution in [0.25, 0.3) is 0 Å². The highest BCUT2D eigenvalue weighted by atomic mass is 35.5. The second-order valence-electron chi connectivity index (χ2n) is 8.20. The number of H-pyrrole nitrogens is 1. The Bertz CT molecular complexity index is 1120. The van der Waals surface area contributed by atoms with Crippen molar-refractivity contribution in [2.24, 2.45) is 0 Å². The first-order valence-corrected chi connectivity index (χ1v) is 12.1. The summed E-state index contributed by atoms with van der Waals surface area (Å²) in [6.07, 6.45) is 3.38. The first-order chi connectivity index (χ1) is 16.8. The van der Waals surface area contributed by atoms with Crippen molar-refractivity contribution in [3.8, 4) is 0 Å². The second kappa shape index (κ2) is 12.6. The minimum absolute atomic E-state index is 0.0924. The van der Waals surface area contributed by atoms with Crippen LogP contribution in [0, 0.1) is 0 Å². The van der Waals surface area contributed by atoms with Crippen LogP contribution in [0.3, 0.4) is 0 Å². The number of hydrogen-bond donors (Lipinski definition) is 4. The number of aromatic nitrogens is 2. The molecule has 1 heterocycles. The van der Waals surface area contributed by atoms with E-state index in [1.807, 2.05) is 38.1 Å². The first kappa shape index (κ1) is 26.5. The zero-order chi connectivity index (χ0) is 25.4. The van der Waals surface area contributed by atoms with Gasteiger partial charge in [-0.15, -0.1) is 0 Å². The Hall–Kier alpha value is -3.07. The zero-order valence-electron chi connectivity index (χ0n) is 19.6. The maximum Gasteiger partial charge on any atom is 0.322 e. The van der Waals surface area contributed by atoms with E-state index >= 15 is 0 Å². The van der Waals surface area contributed by atoms with Gasteiger partial charge in [-0.1, -0.05) is 48.3 Å². The molecule has 4 N–H and O–H groups in total. The second-order valence-corrected chi connectivity index (χ2v) is 9.01. The summed E-state index contributed by atoms with van der Waals surface area (Å²) in [7, 11) is 0. The van der Waals surface area contributed by atoms with Gasteiger partial charge in [0.1, 0.15) is 5.69 Å². The van der Waals surface area contributed by atoms with Gasteiger partial charge in [0, 0.05) is 18.3 Å². The number of imidazole rings is 1. The summed E-state index contributed by atoms with van der Waals surface area (Å²) in [5.41, 5.74) is 2.65. The number of nitrogens with zero attached hydrogens (tertiary/aromatic N) is 2. The summed E-state index contributed by atoms with van der Waals surface area (Å²) in [6, 6.07) is 12.0. The number of nitrogens with one attached hydrogen (secondary N) is 3. The van der Waals surface area contributed by atoms with Crippen LogP contribution in [-0.2, 0) is 6.42 Å². The fraction of sp³-hybridized carbons (Fsp3) is 0.320. The fourth-order valence-corrected chi connectivity index (χ4v) is 3.75. The molecule has 3 aromatic rings. The highest BCUT2D eigenvalue weighted by Gasteiger charge is 2.23. The molecule has 0 saturated carbocycles. The third-order valence-corrected chi connectivity index (χ3v) is 6.47. The van der Waals surface area contributed by atoms with Gasteiger partial charge in [0.05, 0.1) is 35.2 Å². The van der Waals surface area contributed by atoms with Crippen molar-refractivity contribution < 1.29 is 14.7 Å². The number of rotatable bonds is 10. The van der Waals surface area contributed by atoms with Crippen molar-refractivity contribution >= 4 is 40.8 Å². The molecule has 1 aromatic heterocycles. The molecule has 0 aliphatic heterocycles. The average molecular weight is 518 g/mol. The number of aliphatic hydroxyl groups is 1. The Morgan fingerprint density at radius 2 is 1.89 bits per heavy atom. The predicted octanol–water partition coefficient (Wildman–Crippen LogP) is 5.06. The predicted molar refractivity (Wildman–Crippen MR) is 138 cm³/mol. The molecule has 2 atom stereocenters. The topological polar surface area (TPSA) is 110 Å². The molecule has 0 unspecified atom stereocenters. The number of hydrogen-bond acceptors (Lipinski definition) is 4. The zero-order valence-corrected chi connectivity index (χ0v) is 21.1. The summed E-state index contributed by atoms with van der Waals surface area (Å²) in [5, 5.41) is 17.2. The quantitative estimate of drug-likeness (QED) is 0.301. The van der Waals surface area contributed by atoms with Gasteiger partial charge in [-0.3, -0.25) is 4.79 Å². The van der Waals surface area contributed by atoms with Crippen LogP contribution < -0.4 is 10.6 Å². The van der Waals surface area contributed by atoms with E-state index in [1.54, 1.807) is 23.1 Å². The molecule has 10 heteroatoms. The molecule has 3 rings (SSSR count). The number of urea groups is 1. The molecule has 0 saturated heterocycles. The van der Waals surface area contributed by atoms with E-state index in [0.717, 1.165) is 12.0 Å². The smallest absolute Gasteiger partial charge is 0.322 e. The molecule has 2 aromatic carbocycles. The van der Waals surface area contributed by atoms with Gasteiger partial charge in [0.25, 0.3) is 5.91 Å². The Balaban J connectivity index is 1.56. The number of benzene rings is 2. The third-order valence-electron chi connectivity index (χ3n) is 5.73. The van der Waals surface area contributed by atoms with Crippen molar-refractivity contribution in [1.82, 2.24) is 20.2 Å². The molecule has 0 radical (unpaired) electrons. The van der Waals surface area contributed by atoms with Crippen molar-refractivity contribution in [1.29, 1.82) is 0 Å². The van der Waals surface area contributed by atoms with E-state index in [4.69, 9.17) is 23.2 Å². The number of carbonyl (C=O) groups excluding carboxylic acids is 2. The first-order valence-electron chi connectivity index (χ1n) is 11.3. The number of aliphatic hydroxyl groups excluding tert-OH is 1. The van der Waals surface area contributed by atoms with Crippen molar-refractivity contribution in [2.75, 3.05) is 18.4 Å². The summed E-state index contributed by atoms with van der Waals surface area (Å²) < 4.78 is 0. The lowest BCUT2D eigenvalue weighted by molar-refractivity contribution is 0.0949. The fourth-order valence-electron chi connectivity index (χ4n) is 3.44. The van der Waals surface area contributed by atoms with Crippen LogP contribution in [-0.4, -0.2) is 51.0 Å². The summed E-state index contributed by atoms with van der Waals surface area (Å²) in [6.45, 7) is 4.49. The van der Waals surface area contributed by atoms with Crippen LogP contribution in [0.2, 0.25) is 10.0 Å². The molecule has 3 amide bonds. The molecule has 186 valence electrons. The van der Waals surface area contributed by atoms with E-state index in [2.05, 4.69) is 20.6 Å². The van der Waals surface area contributed by atoms with Crippen LogP contribution >= 0.6 is 23.2 Å². The average Bonchev–Trinajstić information content (AvgIpc) is 3.40. The minimum Gasteiger partial charge on any atom is -0.387 e. The lowest BCUT2D eigenvalue weighted by Crippen LogP contribution is -2.43. The normalized spacial score (nSPS) is 12.6. The molecule has 0 aliphatic rings. The van der Waals surface area contributed by atoms with E-state index in [1.165, 1.54) is 12.5 Å². The maximum absolute atomic E-state index is 13.0. The summed E-state index contributed by atoms with van der Waals surface area (Å²) in [4.78, 5) is 33.2. The highest BCUT2D eigenvalue weighted by Crippen LogP contribution is 2.26. The van der Waals surface area contributed by atoms with Crippen molar-refractivity contribution in [3.63, 3.8) is 0 Å². The summed E-state index contributed by atoms with van der Waals surface area (Å²) in [5.74, 6) is -0.209. The third kappa shape index (κ3) is 7.45. The van der Waals surface area contributed by atoms with Gasteiger partial charge in [-0.25, -0.2) is 9.78 Å². The molecule has 35 heavy (non-hydrogen) atoms. The van der Waals surface area contributed by atoms with Crippen LogP contribution in [0.5, 0.6) is 0 Å². The monoisotopic (exact) mass is 517 g/mol. The standard InChI is InChI=1S/C25H29Cl2N5O3/c1-3-16(2)32(14-23(33)18-6-9-20(26)21(27)12-18)25(35)31-19-7-4-17(5-8-19)10-11-29-24(34)22-13-28-15-30-22/h4-9,12-13,15-16,23,33H,3,10-11,14H2,1-2H3,(H,28,30)(H,29,34)(H,31,35)/t16-,23-/m1/s1. The molecule has 8 nitrogen and oxygen atoms in total. The van der Waals surface area contributed by atoms with Crippen molar-refractivity contribution in [3.05, 3.63) is 81.9 Å². The van der Waals surface area contributed by atoms with Crippen LogP contribution in [0.4, 0.5) is 10.5 Å². The Morgan fingerprint density at radius 3 is 2.51 bits per heavy atom. The highest BCUT2D eigenvalue weighted by molar-refractivity contribution is 6.42. The van der Waals surface area contributed by atoms with E-state index in [-0.39, 0.29) is 24.5 Å². The largest absolute Gasteiger partial charge is 0.387 e. The van der Waals surface area contributed by atoms with E-state index in [9.17, 15) is 14.7 Å². The minimum atomic E-state index is -0.913. The molecular formula is C25H29Cl2N5O3. The molecule has 0 spiro atoms. The number of halogens is 2. The van der Waals surface area contributed by atoms with Gasteiger partial charge in [-0.2, -0.15) is 0 Å². The van der Waals surface area contributed by atoms with Gasteiger partial charge in [-0.05, 0) is 55.2 Å². The molecule has 0 bridgehead atoms. The van der Waals surface area contributed by atoms with Crippen molar-refractivity contribution in [2.45, 2.75) is 38.8 Å². The Morgan fingerprint density at radius 1 is 1.14 bits per heavy atom. The lowest BCUT2D eigenvalue weighted by atomic mass is 10.1. The van der Waals surface area contributed by atoms with Gasteiger partial charge in [0.15, 0.2) is 0 Å². The Labute approximate surface area is 214 Å².